The number of thiol groups is 1. The van der Waals surface area contributed by atoms with Gasteiger partial charge in [0, 0.05) is 49.4 Å². The van der Waals surface area contributed by atoms with Gasteiger partial charge in [0.1, 0.15) is 5.82 Å². The predicted molar refractivity (Wildman–Crippen MR) is 99.1 cm³/mol. The van der Waals surface area contributed by atoms with Crippen molar-refractivity contribution >= 4 is 24.0 Å². The van der Waals surface area contributed by atoms with Gasteiger partial charge in [-0.1, -0.05) is 19.1 Å². The summed E-state index contributed by atoms with van der Waals surface area (Å²) in [6.07, 6.45) is 6.84. The molecule has 2 atom stereocenters. The lowest BCUT2D eigenvalue weighted by atomic mass is 10.0. The highest BCUT2D eigenvalue weighted by molar-refractivity contribution is 7.80. The van der Waals surface area contributed by atoms with Gasteiger partial charge < -0.3 is 15.1 Å². The second-order valence-corrected chi connectivity index (χ2v) is 6.61. The van der Waals surface area contributed by atoms with E-state index >= 15 is 0 Å². The number of piperazine rings is 1. The maximum atomic E-state index is 14.8. The van der Waals surface area contributed by atoms with E-state index in [1.165, 1.54) is 0 Å². The molecule has 2 unspecified atom stereocenters. The number of fused-ring (bicyclic) bond motifs is 1. The number of benzene rings is 1. The average molecular weight is 333 g/mol. The van der Waals surface area contributed by atoms with Crippen LogP contribution in [0.5, 0.6) is 0 Å². The smallest absolute Gasteiger partial charge is 0.146 e. The second kappa shape index (κ2) is 6.97. The topological polar surface area (TPSA) is 18.5 Å². The molecule has 0 bridgehead atoms. The summed E-state index contributed by atoms with van der Waals surface area (Å²) in [5, 5.41) is 3.32. The lowest BCUT2D eigenvalue weighted by Crippen LogP contribution is -2.51. The maximum Gasteiger partial charge on any atom is 0.146 e. The van der Waals surface area contributed by atoms with Gasteiger partial charge in [0.2, 0.25) is 0 Å². The van der Waals surface area contributed by atoms with Gasteiger partial charge in [-0.2, -0.15) is 12.6 Å². The van der Waals surface area contributed by atoms with Crippen LogP contribution in [0.25, 0.3) is 0 Å². The van der Waals surface area contributed by atoms with E-state index in [1.807, 2.05) is 24.4 Å². The molecule has 0 radical (unpaired) electrons. The quantitative estimate of drug-likeness (QED) is 0.649. The molecule has 2 aliphatic rings. The number of nitrogens with zero attached hydrogens (tertiary/aromatic N) is 2. The number of rotatable bonds is 4. The summed E-state index contributed by atoms with van der Waals surface area (Å²) in [7, 11) is 0. The van der Waals surface area contributed by atoms with Crippen molar-refractivity contribution in [2.45, 2.75) is 24.6 Å². The fraction of sp³-hybridized carbons (Fsp3) is 0.444. The minimum Gasteiger partial charge on any atom is -0.364 e. The third-order valence-electron chi connectivity index (χ3n) is 4.63. The fourth-order valence-corrected chi connectivity index (χ4v) is 3.67. The predicted octanol–water partition coefficient (Wildman–Crippen LogP) is 3.50. The Balaban J connectivity index is 2.03. The Morgan fingerprint density at radius 3 is 3.00 bits per heavy atom. The van der Waals surface area contributed by atoms with Gasteiger partial charge in [0.15, 0.2) is 0 Å². The van der Waals surface area contributed by atoms with Crippen LogP contribution >= 0.6 is 12.6 Å². The highest BCUT2D eigenvalue weighted by atomic mass is 32.1. The first-order valence-electron chi connectivity index (χ1n) is 8.20. The molecule has 1 aromatic rings. The molecular weight excluding hydrogens is 309 g/mol. The van der Waals surface area contributed by atoms with Crippen molar-refractivity contribution in [1.82, 2.24) is 5.32 Å². The molecule has 0 aromatic heterocycles. The van der Waals surface area contributed by atoms with Crippen LogP contribution in [-0.2, 0) is 0 Å². The molecule has 1 saturated heterocycles. The first-order chi connectivity index (χ1) is 11.2. The Morgan fingerprint density at radius 1 is 1.43 bits per heavy atom. The minimum absolute atomic E-state index is 0.0698. The van der Waals surface area contributed by atoms with Crippen molar-refractivity contribution in [3.8, 4) is 0 Å². The van der Waals surface area contributed by atoms with Crippen LogP contribution in [0.4, 0.5) is 15.8 Å². The molecule has 1 fully saturated rings. The van der Waals surface area contributed by atoms with Gasteiger partial charge >= 0.3 is 0 Å². The van der Waals surface area contributed by atoms with Crippen LogP contribution in [0.3, 0.4) is 0 Å². The highest BCUT2D eigenvalue weighted by Crippen LogP contribution is 2.40. The molecule has 124 valence electrons. The van der Waals surface area contributed by atoms with E-state index in [-0.39, 0.29) is 11.1 Å². The summed E-state index contributed by atoms with van der Waals surface area (Å²) in [6.45, 7) is 9.28. The third-order valence-corrected chi connectivity index (χ3v) is 5.08. The van der Waals surface area contributed by atoms with Gasteiger partial charge in [-0.05, 0) is 24.1 Å². The van der Waals surface area contributed by atoms with Crippen molar-refractivity contribution in [2.75, 3.05) is 36.0 Å². The Labute approximate surface area is 143 Å². The van der Waals surface area contributed by atoms with Gasteiger partial charge in [-0.15, -0.1) is 6.58 Å². The van der Waals surface area contributed by atoms with Crippen LogP contribution < -0.4 is 15.1 Å². The van der Waals surface area contributed by atoms with Crippen LogP contribution in [0.2, 0.25) is 0 Å². The molecule has 0 spiro atoms. The fourth-order valence-electron chi connectivity index (χ4n) is 3.38. The number of hydrogen-bond acceptors (Lipinski definition) is 4. The van der Waals surface area contributed by atoms with E-state index in [0.29, 0.717) is 18.3 Å². The molecule has 1 N–H and O–H groups in total. The SMILES string of the molecule is C=CCN1C=CC(S)c2cc(F)c(N3CCNCC3CC)cc21. The molecule has 2 heterocycles. The van der Waals surface area contributed by atoms with Crippen molar-refractivity contribution in [3.05, 3.63) is 48.4 Å². The first-order valence-corrected chi connectivity index (χ1v) is 8.72. The van der Waals surface area contributed by atoms with E-state index in [0.717, 1.165) is 37.3 Å². The number of anilines is 2. The van der Waals surface area contributed by atoms with E-state index < -0.39 is 0 Å². The Bertz CT molecular complexity index is 617. The van der Waals surface area contributed by atoms with E-state index in [9.17, 15) is 4.39 Å². The number of nitrogens with one attached hydrogen (secondary N) is 1. The molecular formula is C18H24FN3S. The summed E-state index contributed by atoms with van der Waals surface area (Å²) in [5.41, 5.74) is 2.64. The molecule has 3 rings (SSSR count). The molecule has 23 heavy (non-hydrogen) atoms. The Kier molecular flexibility index (Phi) is 4.97. The molecule has 1 aromatic carbocycles. The van der Waals surface area contributed by atoms with Crippen molar-refractivity contribution < 1.29 is 4.39 Å². The maximum absolute atomic E-state index is 14.8. The largest absolute Gasteiger partial charge is 0.364 e. The zero-order chi connectivity index (χ0) is 16.4. The van der Waals surface area contributed by atoms with Gasteiger partial charge in [0.05, 0.1) is 5.69 Å². The number of hydrogen-bond donors (Lipinski definition) is 2. The molecule has 2 aliphatic heterocycles. The van der Waals surface area contributed by atoms with Crippen molar-refractivity contribution in [1.29, 1.82) is 0 Å². The van der Waals surface area contributed by atoms with Crippen LogP contribution in [0, 0.1) is 5.82 Å². The lowest BCUT2D eigenvalue weighted by molar-refractivity contribution is 0.459. The zero-order valence-corrected chi connectivity index (χ0v) is 14.4. The summed E-state index contributed by atoms with van der Waals surface area (Å²) in [6, 6.07) is 3.96. The lowest BCUT2D eigenvalue weighted by Gasteiger charge is -2.39. The Hall–Kier alpha value is -1.46. The van der Waals surface area contributed by atoms with Crippen LogP contribution in [0.1, 0.15) is 24.2 Å². The minimum atomic E-state index is -0.156. The molecule has 3 nitrogen and oxygen atoms in total. The van der Waals surface area contributed by atoms with Crippen LogP contribution in [0.15, 0.2) is 37.1 Å². The van der Waals surface area contributed by atoms with Gasteiger partial charge in [0.25, 0.3) is 0 Å². The molecule has 0 saturated carbocycles. The Morgan fingerprint density at radius 2 is 2.26 bits per heavy atom. The van der Waals surface area contributed by atoms with Crippen molar-refractivity contribution in [3.63, 3.8) is 0 Å². The van der Waals surface area contributed by atoms with Crippen LogP contribution in [-0.4, -0.2) is 32.2 Å². The zero-order valence-electron chi connectivity index (χ0n) is 13.5. The summed E-state index contributed by atoms with van der Waals surface area (Å²) >= 11 is 4.56. The molecule has 0 aliphatic carbocycles. The monoisotopic (exact) mass is 333 g/mol. The summed E-state index contributed by atoms with van der Waals surface area (Å²) in [5.74, 6) is -0.156. The first kappa shape index (κ1) is 16.4. The van der Waals surface area contributed by atoms with Gasteiger partial charge in [-0.3, -0.25) is 0 Å². The van der Waals surface area contributed by atoms with Crippen molar-refractivity contribution in [2.24, 2.45) is 0 Å². The average Bonchev–Trinajstić information content (AvgIpc) is 2.57. The van der Waals surface area contributed by atoms with Gasteiger partial charge in [-0.25, -0.2) is 4.39 Å². The van der Waals surface area contributed by atoms with E-state index in [4.69, 9.17) is 0 Å². The normalized spacial score (nSPS) is 23.8. The third kappa shape index (κ3) is 3.12. The second-order valence-electron chi connectivity index (χ2n) is 6.05. The highest BCUT2D eigenvalue weighted by Gasteiger charge is 2.27. The summed E-state index contributed by atoms with van der Waals surface area (Å²) < 4.78 is 14.8. The molecule has 5 heteroatoms. The van der Waals surface area contributed by atoms with E-state index in [1.54, 1.807) is 6.07 Å². The number of halogens is 1. The summed E-state index contributed by atoms with van der Waals surface area (Å²) in [4.78, 5) is 4.30. The van der Waals surface area contributed by atoms with E-state index in [2.05, 4.69) is 41.2 Å². The standard InChI is InChI=1S/C18H24FN3S/c1-3-7-21-8-5-18(23)14-10-15(19)17(11-16(14)21)22-9-6-20-12-13(22)4-2/h3,5,8,10-11,13,18,20,23H,1,4,6-7,9,12H2,2H3. The molecule has 0 amide bonds.